The van der Waals surface area contributed by atoms with Crippen molar-refractivity contribution in [1.29, 1.82) is 0 Å². The van der Waals surface area contributed by atoms with Crippen molar-refractivity contribution in [3.05, 3.63) is 35.4 Å². The summed E-state index contributed by atoms with van der Waals surface area (Å²) in [6.45, 7) is 2.71. The first-order chi connectivity index (χ1) is 7.70. The predicted octanol–water partition coefficient (Wildman–Crippen LogP) is 0.648. The third kappa shape index (κ3) is 2.12. The Hall–Kier alpha value is -1.68. The van der Waals surface area contributed by atoms with Crippen LogP contribution < -0.4 is 10.6 Å². The SMILES string of the molecule is C[C@@H]1CN[C@H](c2ccc(C=O)cc2)C(=O)N1. The number of amides is 1. The van der Waals surface area contributed by atoms with Gasteiger partial charge in [-0.25, -0.2) is 0 Å². The molecule has 1 aromatic carbocycles. The minimum Gasteiger partial charge on any atom is -0.351 e. The van der Waals surface area contributed by atoms with Crippen molar-refractivity contribution in [3.8, 4) is 0 Å². The number of piperazine rings is 1. The van der Waals surface area contributed by atoms with Crippen LogP contribution in [-0.2, 0) is 4.79 Å². The fourth-order valence-electron chi connectivity index (χ4n) is 1.80. The standard InChI is InChI=1S/C12H14N2O2/c1-8-6-13-11(12(16)14-8)10-4-2-9(7-15)3-5-10/h2-5,7-8,11,13H,6H2,1H3,(H,14,16)/t8-,11-/m1/s1. The summed E-state index contributed by atoms with van der Waals surface area (Å²) in [6, 6.07) is 6.90. The largest absolute Gasteiger partial charge is 0.351 e. The third-order valence-corrected chi connectivity index (χ3v) is 2.68. The summed E-state index contributed by atoms with van der Waals surface area (Å²) in [7, 11) is 0. The van der Waals surface area contributed by atoms with Crippen LogP contribution in [0.4, 0.5) is 0 Å². The maximum atomic E-state index is 11.7. The highest BCUT2D eigenvalue weighted by atomic mass is 16.2. The van der Waals surface area contributed by atoms with Gasteiger partial charge in [0.15, 0.2) is 0 Å². The molecule has 4 nitrogen and oxygen atoms in total. The quantitative estimate of drug-likeness (QED) is 0.716. The zero-order valence-electron chi connectivity index (χ0n) is 9.07. The van der Waals surface area contributed by atoms with Gasteiger partial charge in [-0.1, -0.05) is 24.3 Å². The second-order valence-electron chi connectivity index (χ2n) is 4.04. The lowest BCUT2D eigenvalue weighted by molar-refractivity contribution is -0.125. The van der Waals surface area contributed by atoms with Gasteiger partial charge >= 0.3 is 0 Å². The topological polar surface area (TPSA) is 58.2 Å². The van der Waals surface area contributed by atoms with E-state index >= 15 is 0 Å². The van der Waals surface area contributed by atoms with Crippen molar-refractivity contribution in [2.24, 2.45) is 0 Å². The molecule has 0 spiro atoms. The lowest BCUT2D eigenvalue weighted by Gasteiger charge is -2.28. The first kappa shape index (κ1) is 10.8. The molecular formula is C12H14N2O2. The van der Waals surface area contributed by atoms with Gasteiger partial charge in [0.1, 0.15) is 12.3 Å². The average molecular weight is 218 g/mol. The zero-order chi connectivity index (χ0) is 11.5. The molecule has 1 aliphatic rings. The van der Waals surface area contributed by atoms with E-state index in [2.05, 4.69) is 10.6 Å². The lowest BCUT2D eigenvalue weighted by atomic mass is 10.0. The molecule has 2 atom stereocenters. The van der Waals surface area contributed by atoms with Crippen LogP contribution in [0.15, 0.2) is 24.3 Å². The molecule has 16 heavy (non-hydrogen) atoms. The fraction of sp³-hybridized carbons (Fsp3) is 0.333. The highest BCUT2D eigenvalue weighted by Gasteiger charge is 2.26. The second-order valence-corrected chi connectivity index (χ2v) is 4.04. The van der Waals surface area contributed by atoms with Gasteiger partial charge in [-0.2, -0.15) is 0 Å². The maximum absolute atomic E-state index is 11.7. The van der Waals surface area contributed by atoms with Crippen LogP contribution in [0.3, 0.4) is 0 Å². The summed E-state index contributed by atoms with van der Waals surface area (Å²) in [4.78, 5) is 22.2. The van der Waals surface area contributed by atoms with E-state index in [1.54, 1.807) is 24.3 Å². The molecule has 2 N–H and O–H groups in total. The van der Waals surface area contributed by atoms with Crippen molar-refractivity contribution >= 4 is 12.2 Å². The van der Waals surface area contributed by atoms with Crippen molar-refractivity contribution in [1.82, 2.24) is 10.6 Å². The predicted molar refractivity (Wildman–Crippen MR) is 60.2 cm³/mol. The van der Waals surface area contributed by atoms with Gasteiger partial charge in [0.05, 0.1) is 0 Å². The molecule has 1 heterocycles. The molecule has 0 saturated carbocycles. The van der Waals surface area contributed by atoms with E-state index in [0.29, 0.717) is 5.56 Å². The Morgan fingerprint density at radius 3 is 2.56 bits per heavy atom. The number of carbonyl (C=O) groups excluding carboxylic acids is 2. The van der Waals surface area contributed by atoms with E-state index in [1.807, 2.05) is 6.92 Å². The highest BCUT2D eigenvalue weighted by Crippen LogP contribution is 2.16. The van der Waals surface area contributed by atoms with Crippen molar-refractivity contribution in [3.63, 3.8) is 0 Å². The Morgan fingerprint density at radius 1 is 1.31 bits per heavy atom. The highest BCUT2D eigenvalue weighted by molar-refractivity contribution is 5.84. The maximum Gasteiger partial charge on any atom is 0.241 e. The van der Waals surface area contributed by atoms with Crippen molar-refractivity contribution in [2.75, 3.05) is 6.54 Å². The van der Waals surface area contributed by atoms with Crippen LogP contribution >= 0.6 is 0 Å². The van der Waals surface area contributed by atoms with Gasteiger partial charge in [-0.3, -0.25) is 9.59 Å². The second kappa shape index (κ2) is 4.45. The molecule has 1 amide bonds. The van der Waals surface area contributed by atoms with Crippen LogP contribution in [0, 0.1) is 0 Å². The molecular weight excluding hydrogens is 204 g/mol. The Morgan fingerprint density at radius 2 is 2.00 bits per heavy atom. The van der Waals surface area contributed by atoms with E-state index in [4.69, 9.17) is 0 Å². The van der Waals surface area contributed by atoms with E-state index in [9.17, 15) is 9.59 Å². The first-order valence-corrected chi connectivity index (χ1v) is 5.29. The number of nitrogens with one attached hydrogen (secondary N) is 2. The van der Waals surface area contributed by atoms with Crippen molar-refractivity contribution < 1.29 is 9.59 Å². The molecule has 1 fully saturated rings. The normalized spacial score (nSPS) is 24.9. The summed E-state index contributed by atoms with van der Waals surface area (Å²) < 4.78 is 0. The molecule has 0 bridgehead atoms. The Balaban J connectivity index is 2.17. The van der Waals surface area contributed by atoms with E-state index < -0.39 is 0 Å². The average Bonchev–Trinajstić information content (AvgIpc) is 2.29. The molecule has 1 aromatic rings. The molecule has 84 valence electrons. The van der Waals surface area contributed by atoms with Crippen LogP contribution in [-0.4, -0.2) is 24.8 Å². The monoisotopic (exact) mass is 218 g/mol. The minimum atomic E-state index is -0.308. The molecule has 1 saturated heterocycles. The van der Waals surface area contributed by atoms with Gasteiger partial charge in [-0.05, 0) is 12.5 Å². The molecule has 0 aliphatic carbocycles. The fourth-order valence-corrected chi connectivity index (χ4v) is 1.80. The summed E-state index contributed by atoms with van der Waals surface area (Å²) in [5.41, 5.74) is 1.50. The van der Waals surface area contributed by atoms with Gasteiger partial charge in [-0.15, -0.1) is 0 Å². The van der Waals surface area contributed by atoms with Crippen LogP contribution in [0.1, 0.15) is 28.9 Å². The molecule has 2 rings (SSSR count). The van der Waals surface area contributed by atoms with Crippen LogP contribution in [0.25, 0.3) is 0 Å². The summed E-state index contributed by atoms with van der Waals surface area (Å²) >= 11 is 0. The number of hydrogen-bond acceptors (Lipinski definition) is 3. The van der Waals surface area contributed by atoms with E-state index in [-0.39, 0.29) is 18.0 Å². The number of rotatable bonds is 2. The minimum absolute atomic E-state index is 0.0161. The summed E-state index contributed by atoms with van der Waals surface area (Å²) in [5.74, 6) is -0.0161. The van der Waals surface area contributed by atoms with E-state index in [1.165, 1.54) is 0 Å². The van der Waals surface area contributed by atoms with Gasteiger partial charge in [0, 0.05) is 18.2 Å². The Bertz CT molecular complexity index is 400. The number of aldehydes is 1. The number of benzene rings is 1. The van der Waals surface area contributed by atoms with Gasteiger partial charge in [0.2, 0.25) is 5.91 Å². The molecule has 1 aliphatic heterocycles. The number of carbonyl (C=O) groups is 2. The first-order valence-electron chi connectivity index (χ1n) is 5.29. The van der Waals surface area contributed by atoms with E-state index in [0.717, 1.165) is 18.4 Å². The molecule has 0 radical (unpaired) electrons. The van der Waals surface area contributed by atoms with Crippen LogP contribution in [0.5, 0.6) is 0 Å². The van der Waals surface area contributed by atoms with Crippen LogP contribution in [0.2, 0.25) is 0 Å². The Labute approximate surface area is 94.0 Å². The van der Waals surface area contributed by atoms with Gasteiger partial charge < -0.3 is 10.6 Å². The lowest BCUT2D eigenvalue weighted by Crippen LogP contribution is -2.52. The molecule has 0 unspecified atom stereocenters. The molecule has 4 heteroatoms. The third-order valence-electron chi connectivity index (χ3n) is 2.68. The zero-order valence-corrected chi connectivity index (χ0v) is 9.07. The summed E-state index contributed by atoms with van der Waals surface area (Å²) in [5, 5.41) is 6.06. The smallest absolute Gasteiger partial charge is 0.241 e. The van der Waals surface area contributed by atoms with Gasteiger partial charge in [0.25, 0.3) is 0 Å². The Kier molecular flexibility index (Phi) is 3.01. The van der Waals surface area contributed by atoms with Crippen molar-refractivity contribution in [2.45, 2.75) is 19.0 Å². The summed E-state index contributed by atoms with van der Waals surface area (Å²) in [6.07, 6.45) is 0.792. The number of hydrogen-bond donors (Lipinski definition) is 2. The molecule has 0 aromatic heterocycles.